The van der Waals surface area contributed by atoms with Crippen LogP contribution < -0.4 is 10.1 Å². The van der Waals surface area contributed by atoms with Crippen LogP contribution in [0.3, 0.4) is 0 Å². The molecule has 0 aliphatic rings. The molecular weight excluding hydrogens is 464 g/mol. The van der Waals surface area contributed by atoms with Crippen molar-refractivity contribution in [3.8, 4) is 22.7 Å². The van der Waals surface area contributed by atoms with Gasteiger partial charge in [0, 0.05) is 25.9 Å². The Morgan fingerprint density at radius 1 is 1.00 bits per heavy atom. The molecule has 1 N–H and O–H groups in total. The number of nitrogens with zero attached hydrogens (tertiary/aromatic N) is 3. The molecular formula is C26H26N4O4S. The molecule has 0 atom stereocenters. The third-order valence-electron chi connectivity index (χ3n) is 5.58. The van der Waals surface area contributed by atoms with Gasteiger partial charge in [0.1, 0.15) is 11.4 Å². The van der Waals surface area contributed by atoms with Crippen LogP contribution in [0.2, 0.25) is 0 Å². The van der Waals surface area contributed by atoms with Gasteiger partial charge >= 0.3 is 0 Å². The Hall–Kier alpha value is -3.95. The second-order valence-corrected chi connectivity index (χ2v) is 10.2. The number of carbonyl (C=O) groups excluding carboxylic acids is 1. The van der Waals surface area contributed by atoms with Crippen LogP contribution in [0.5, 0.6) is 5.75 Å². The molecule has 0 unspecified atom stereocenters. The number of anilines is 1. The van der Waals surface area contributed by atoms with Crippen molar-refractivity contribution in [1.82, 2.24) is 14.1 Å². The van der Waals surface area contributed by atoms with Crippen molar-refractivity contribution in [2.24, 2.45) is 0 Å². The Kier molecular flexibility index (Phi) is 6.72. The van der Waals surface area contributed by atoms with E-state index in [4.69, 9.17) is 9.84 Å². The third-order valence-corrected chi connectivity index (χ3v) is 7.39. The van der Waals surface area contributed by atoms with Gasteiger partial charge in [-0.25, -0.2) is 17.4 Å². The molecule has 0 aliphatic carbocycles. The van der Waals surface area contributed by atoms with E-state index in [-0.39, 0.29) is 10.6 Å². The maximum atomic E-state index is 13.5. The van der Waals surface area contributed by atoms with Gasteiger partial charge in [0.25, 0.3) is 5.91 Å². The summed E-state index contributed by atoms with van der Waals surface area (Å²) < 4.78 is 33.4. The number of aromatic nitrogens is 2. The van der Waals surface area contributed by atoms with E-state index in [2.05, 4.69) is 5.32 Å². The Bertz CT molecular complexity index is 1480. The molecule has 0 saturated carbocycles. The van der Waals surface area contributed by atoms with Crippen LogP contribution in [-0.2, 0) is 10.0 Å². The number of carbonyl (C=O) groups is 1. The Balaban J connectivity index is 1.80. The van der Waals surface area contributed by atoms with Crippen molar-refractivity contribution in [3.05, 3.63) is 90.1 Å². The predicted octanol–water partition coefficient (Wildman–Crippen LogP) is 4.36. The summed E-state index contributed by atoms with van der Waals surface area (Å²) in [6.07, 6.45) is 1.67. The maximum Gasteiger partial charge on any atom is 0.259 e. The quantitative estimate of drug-likeness (QED) is 0.416. The summed E-state index contributed by atoms with van der Waals surface area (Å²) in [5, 5.41) is 7.54. The molecule has 8 nitrogen and oxygen atoms in total. The van der Waals surface area contributed by atoms with Crippen molar-refractivity contribution in [2.75, 3.05) is 26.5 Å². The predicted molar refractivity (Wildman–Crippen MR) is 136 cm³/mol. The molecule has 3 aromatic carbocycles. The largest absolute Gasteiger partial charge is 0.495 e. The number of hydrogen-bond donors (Lipinski definition) is 1. The van der Waals surface area contributed by atoms with Gasteiger partial charge in [0.15, 0.2) is 0 Å². The number of benzene rings is 3. The molecule has 0 aliphatic heterocycles. The molecule has 0 fully saturated rings. The molecule has 1 aromatic heterocycles. The second kappa shape index (κ2) is 9.73. The number of rotatable bonds is 7. The lowest BCUT2D eigenvalue weighted by Crippen LogP contribution is -2.22. The summed E-state index contributed by atoms with van der Waals surface area (Å²) >= 11 is 0. The highest BCUT2D eigenvalue weighted by atomic mass is 32.2. The first-order valence-corrected chi connectivity index (χ1v) is 12.3. The number of hydrogen-bond acceptors (Lipinski definition) is 5. The Morgan fingerprint density at radius 3 is 2.34 bits per heavy atom. The number of amides is 1. The molecule has 1 heterocycles. The average Bonchev–Trinajstić information content (AvgIpc) is 3.30. The third kappa shape index (κ3) is 4.82. The van der Waals surface area contributed by atoms with Gasteiger partial charge < -0.3 is 10.1 Å². The fourth-order valence-corrected chi connectivity index (χ4v) is 4.56. The summed E-state index contributed by atoms with van der Waals surface area (Å²) in [5.41, 5.74) is 3.69. The molecule has 1 amide bonds. The zero-order valence-electron chi connectivity index (χ0n) is 19.9. The van der Waals surface area contributed by atoms with E-state index in [1.54, 1.807) is 10.9 Å². The fourth-order valence-electron chi connectivity index (χ4n) is 3.64. The molecule has 180 valence electrons. The number of ether oxygens (including phenoxy) is 1. The van der Waals surface area contributed by atoms with Crippen molar-refractivity contribution < 1.29 is 17.9 Å². The smallest absolute Gasteiger partial charge is 0.259 e. The standard InChI is InChI=1S/C26H26N4O4S/c1-18-10-8-9-13-21(18)25-22(17-30(28-25)19-11-6-5-7-12-19)26(31)27-23-16-20(14-15-24(23)34-4)35(32,33)29(2)3/h5-17H,1-4H3,(H,27,31). The monoisotopic (exact) mass is 490 g/mol. The highest BCUT2D eigenvalue weighted by Gasteiger charge is 2.23. The Labute approximate surface area is 204 Å². The summed E-state index contributed by atoms with van der Waals surface area (Å²) in [6.45, 7) is 1.96. The van der Waals surface area contributed by atoms with Crippen molar-refractivity contribution in [1.29, 1.82) is 0 Å². The lowest BCUT2D eigenvalue weighted by atomic mass is 10.0. The molecule has 9 heteroatoms. The van der Waals surface area contributed by atoms with Gasteiger partial charge in [-0.05, 0) is 42.8 Å². The summed E-state index contributed by atoms with van der Waals surface area (Å²) in [7, 11) is 0.650. The lowest BCUT2D eigenvalue weighted by Gasteiger charge is -2.15. The molecule has 35 heavy (non-hydrogen) atoms. The van der Waals surface area contributed by atoms with Gasteiger partial charge in [-0.3, -0.25) is 4.79 Å². The van der Waals surface area contributed by atoms with Crippen LogP contribution in [0, 0.1) is 6.92 Å². The van der Waals surface area contributed by atoms with Gasteiger partial charge in [-0.2, -0.15) is 5.10 Å². The van der Waals surface area contributed by atoms with Gasteiger partial charge in [-0.15, -0.1) is 0 Å². The van der Waals surface area contributed by atoms with Crippen LogP contribution >= 0.6 is 0 Å². The molecule has 4 rings (SSSR count). The van der Waals surface area contributed by atoms with Crippen LogP contribution in [-0.4, -0.2) is 49.6 Å². The first-order valence-electron chi connectivity index (χ1n) is 10.9. The van der Waals surface area contributed by atoms with Gasteiger partial charge in [0.05, 0.1) is 28.9 Å². The molecule has 0 bridgehead atoms. The van der Waals surface area contributed by atoms with E-state index in [1.807, 2.05) is 61.5 Å². The normalized spacial score (nSPS) is 11.5. The van der Waals surface area contributed by atoms with Crippen molar-refractivity contribution in [3.63, 3.8) is 0 Å². The maximum absolute atomic E-state index is 13.5. The SMILES string of the molecule is COc1ccc(S(=O)(=O)N(C)C)cc1NC(=O)c1cn(-c2ccccc2)nc1-c1ccccc1C. The number of aryl methyl sites for hydroxylation is 1. The second-order valence-electron chi connectivity index (χ2n) is 8.09. The van der Waals surface area contributed by atoms with Gasteiger partial charge in [0.2, 0.25) is 10.0 Å². The van der Waals surface area contributed by atoms with Crippen LogP contribution in [0.25, 0.3) is 16.9 Å². The van der Waals surface area contributed by atoms with E-state index >= 15 is 0 Å². The highest BCUT2D eigenvalue weighted by Crippen LogP contribution is 2.31. The number of para-hydroxylation sites is 1. The van der Waals surface area contributed by atoms with E-state index in [0.29, 0.717) is 17.0 Å². The zero-order chi connectivity index (χ0) is 25.2. The minimum atomic E-state index is -3.70. The number of methoxy groups -OCH3 is 1. The molecule has 0 saturated heterocycles. The summed E-state index contributed by atoms with van der Waals surface area (Å²) in [5.74, 6) is -0.105. The molecule has 4 aromatic rings. The molecule has 0 radical (unpaired) electrons. The zero-order valence-corrected chi connectivity index (χ0v) is 20.7. The van der Waals surface area contributed by atoms with E-state index in [9.17, 15) is 13.2 Å². The molecule has 0 spiro atoms. The van der Waals surface area contributed by atoms with Crippen LogP contribution in [0.4, 0.5) is 5.69 Å². The average molecular weight is 491 g/mol. The fraction of sp³-hybridized carbons (Fsp3) is 0.154. The first kappa shape index (κ1) is 24.2. The van der Waals surface area contributed by atoms with Crippen molar-refractivity contribution in [2.45, 2.75) is 11.8 Å². The first-order chi connectivity index (χ1) is 16.7. The summed E-state index contributed by atoms with van der Waals surface area (Å²) in [4.78, 5) is 13.6. The summed E-state index contributed by atoms with van der Waals surface area (Å²) in [6, 6.07) is 21.5. The minimum Gasteiger partial charge on any atom is -0.495 e. The van der Waals surface area contributed by atoms with Crippen molar-refractivity contribution >= 4 is 21.6 Å². The van der Waals surface area contributed by atoms with E-state index < -0.39 is 15.9 Å². The Morgan fingerprint density at radius 2 is 1.69 bits per heavy atom. The minimum absolute atomic E-state index is 0.0395. The van der Waals surface area contributed by atoms with E-state index in [0.717, 1.165) is 21.1 Å². The van der Waals surface area contributed by atoms with E-state index in [1.165, 1.54) is 39.4 Å². The van der Waals surface area contributed by atoms with Crippen LogP contribution in [0.1, 0.15) is 15.9 Å². The topological polar surface area (TPSA) is 93.5 Å². The van der Waals surface area contributed by atoms with Gasteiger partial charge in [-0.1, -0.05) is 42.5 Å². The number of sulfonamides is 1. The highest BCUT2D eigenvalue weighted by molar-refractivity contribution is 7.89. The lowest BCUT2D eigenvalue weighted by molar-refractivity contribution is 0.102. The van der Waals surface area contributed by atoms with Crippen LogP contribution in [0.15, 0.2) is 83.9 Å². The number of nitrogens with one attached hydrogen (secondary N) is 1.